The predicted molar refractivity (Wildman–Crippen MR) is 108 cm³/mol. The van der Waals surface area contributed by atoms with Crippen molar-refractivity contribution in [2.45, 2.75) is 19.8 Å². The van der Waals surface area contributed by atoms with Crippen LogP contribution in [0.4, 0.5) is 16.5 Å². The molecule has 0 atom stereocenters. The van der Waals surface area contributed by atoms with Gasteiger partial charge in [0.1, 0.15) is 0 Å². The number of rotatable bonds is 7. The van der Waals surface area contributed by atoms with Crippen molar-refractivity contribution in [3.05, 3.63) is 59.5 Å². The number of carbonyl (C=O) groups is 2. The number of benzene rings is 2. The summed E-state index contributed by atoms with van der Waals surface area (Å²) < 4.78 is 0. The Labute approximate surface area is 160 Å². The number of aryl methyl sites for hydroxylation is 1. The highest BCUT2D eigenvalue weighted by Crippen LogP contribution is 2.28. The van der Waals surface area contributed by atoms with Gasteiger partial charge in [-0.2, -0.15) is 0 Å². The Hall–Kier alpha value is -3.19. The van der Waals surface area contributed by atoms with Crippen LogP contribution in [0, 0.1) is 6.92 Å². The number of thiazole rings is 1. The minimum absolute atomic E-state index is 0.0444. The highest BCUT2D eigenvalue weighted by molar-refractivity contribution is 7.14. The summed E-state index contributed by atoms with van der Waals surface area (Å²) in [5.74, 6) is -1.30. The van der Waals surface area contributed by atoms with Gasteiger partial charge in [-0.15, -0.1) is 11.3 Å². The van der Waals surface area contributed by atoms with Gasteiger partial charge in [-0.25, -0.2) is 4.98 Å². The quantitative estimate of drug-likeness (QED) is 0.553. The molecular formula is C20H19N3O3S. The van der Waals surface area contributed by atoms with Gasteiger partial charge in [0.25, 0.3) is 0 Å². The molecule has 1 amide bonds. The summed E-state index contributed by atoms with van der Waals surface area (Å²) in [6.45, 7) is 2.05. The number of hydrogen-bond acceptors (Lipinski definition) is 5. The van der Waals surface area contributed by atoms with Crippen LogP contribution in [-0.4, -0.2) is 22.0 Å². The molecule has 1 heterocycles. The molecule has 3 rings (SSSR count). The third kappa shape index (κ3) is 5.39. The molecule has 3 N–H and O–H groups in total. The summed E-state index contributed by atoms with van der Waals surface area (Å²) in [4.78, 5) is 26.8. The summed E-state index contributed by atoms with van der Waals surface area (Å²) in [7, 11) is 0. The Morgan fingerprint density at radius 1 is 1.00 bits per heavy atom. The Balaban J connectivity index is 1.62. The molecule has 2 aromatic carbocycles. The van der Waals surface area contributed by atoms with Crippen molar-refractivity contribution in [1.82, 2.24) is 4.98 Å². The maximum absolute atomic E-state index is 11.7. The number of carboxylic acids is 1. The minimum atomic E-state index is -0.987. The minimum Gasteiger partial charge on any atom is -0.481 e. The third-order valence-electron chi connectivity index (χ3n) is 3.84. The molecule has 0 bridgehead atoms. The van der Waals surface area contributed by atoms with Crippen molar-refractivity contribution in [1.29, 1.82) is 0 Å². The molecule has 0 unspecified atom stereocenters. The second-order valence-corrected chi connectivity index (χ2v) is 6.91. The molecule has 1 aromatic heterocycles. The lowest BCUT2D eigenvalue weighted by atomic mass is 10.1. The van der Waals surface area contributed by atoms with E-state index in [1.807, 2.05) is 48.7 Å². The average molecular weight is 381 g/mol. The summed E-state index contributed by atoms with van der Waals surface area (Å²) in [6.07, 6.45) is -0.225. The Morgan fingerprint density at radius 3 is 2.33 bits per heavy atom. The second-order valence-electron chi connectivity index (χ2n) is 6.05. The fraction of sp³-hybridized carbons (Fsp3) is 0.150. The van der Waals surface area contributed by atoms with Crippen LogP contribution < -0.4 is 10.6 Å². The molecule has 0 saturated carbocycles. The molecule has 0 aliphatic heterocycles. The van der Waals surface area contributed by atoms with E-state index in [1.54, 1.807) is 12.1 Å². The van der Waals surface area contributed by atoms with E-state index in [2.05, 4.69) is 15.6 Å². The van der Waals surface area contributed by atoms with E-state index < -0.39 is 5.97 Å². The Bertz CT molecular complexity index is 934. The van der Waals surface area contributed by atoms with Crippen molar-refractivity contribution < 1.29 is 14.7 Å². The lowest BCUT2D eigenvalue weighted by molar-refractivity contribution is -0.138. The van der Waals surface area contributed by atoms with E-state index in [-0.39, 0.29) is 18.7 Å². The maximum atomic E-state index is 11.7. The second kappa shape index (κ2) is 8.46. The molecule has 0 aliphatic carbocycles. The van der Waals surface area contributed by atoms with Gasteiger partial charge >= 0.3 is 5.97 Å². The first-order valence-electron chi connectivity index (χ1n) is 8.41. The molecule has 0 aliphatic rings. The Kier molecular flexibility index (Phi) is 5.83. The first kappa shape index (κ1) is 18.6. The van der Waals surface area contributed by atoms with Crippen LogP contribution in [0.25, 0.3) is 11.3 Å². The van der Waals surface area contributed by atoms with Crippen molar-refractivity contribution in [2.75, 3.05) is 10.6 Å². The van der Waals surface area contributed by atoms with Crippen LogP contribution in [-0.2, 0) is 9.59 Å². The van der Waals surface area contributed by atoms with Crippen LogP contribution >= 0.6 is 11.3 Å². The maximum Gasteiger partial charge on any atom is 0.303 e. The van der Waals surface area contributed by atoms with Crippen molar-refractivity contribution in [3.63, 3.8) is 0 Å². The SMILES string of the molecule is Cc1ccc(Nc2nc(-c3ccc(NC(=O)CCC(=O)O)cc3)cs2)cc1. The molecule has 0 spiro atoms. The highest BCUT2D eigenvalue weighted by atomic mass is 32.1. The van der Waals surface area contributed by atoms with E-state index >= 15 is 0 Å². The van der Waals surface area contributed by atoms with Gasteiger partial charge in [-0.05, 0) is 31.2 Å². The summed E-state index contributed by atoms with van der Waals surface area (Å²) in [5, 5.41) is 17.4. The number of carboxylic acid groups (broad SMARTS) is 1. The fourth-order valence-corrected chi connectivity index (χ4v) is 3.13. The monoisotopic (exact) mass is 381 g/mol. The number of aromatic nitrogens is 1. The smallest absolute Gasteiger partial charge is 0.303 e. The zero-order valence-electron chi connectivity index (χ0n) is 14.7. The van der Waals surface area contributed by atoms with Crippen LogP contribution in [0.5, 0.6) is 0 Å². The predicted octanol–water partition coefficient (Wildman–Crippen LogP) is 4.67. The lowest BCUT2D eigenvalue weighted by Gasteiger charge is -2.05. The van der Waals surface area contributed by atoms with Crippen LogP contribution in [0.1, 0.15) is 18.4 Å². The molecule has 0 saturated heterocycles. The number of amides is 1. The van der Waals surface area contributed by atoms with Gasteiger partial charge < -0.3 is 15.7 Å². The fourth-order valence-electron chi connectivity index (χ4n) is 2.39. The third-order valence-corrected chi connectivity index (χ3v) is 4.60. The summed E-state index contributed by atoms with van der Waals surface area (Å²) in [5.41, 5.74) is 4.60. The molecule has 7 heteroatoms. The van der Waals surface area contributed by atoms with E-state index in [1.165, 1.54) is 16.9 Å². The van der Waals surface area contributed by atoms with E-state index in [4.69, 9.17) is 5.11 Å². The molecule has 6 nitrogen and oxygen atoms in total. The molecule has 27 heavy (non-hydrogen) atoms. The van der Waals surface area contributed by atoms with E-state index in [0.717, 1.165) is 22.1 Å². The first-order chi connectivity index (χ1) is 13.0. The van der Waals surface area contributed by atoms with E-state index in [9.17, 15) is 9.59 Å². The lowest BCUT2D eigenvalue weighted by Crippen LogP contribution is -2.13. The topological polar surface area (TPSA) is 91.3 Å². The van der Waals surface area contributed by atoms with Crippen molar-refractivity contribution >= 4 is 39.7 Å². The van der Waals surface area contributed by atoms with Gasteiger partial charge in [-0.1, -0.05) is 29.8 Å². The average Bonchev–Trinajstić information content (AvgIpc) is 3.11. The van der Waals surface area contributed by atoms with Gasteiger partial charge in [0.05, 0.1) is 12.1 Å². The molecular weight excluding hydrogens is 362 g/mol. The number of aliphatic carboxylic acids is 1. The number of carbonyl (C=O) groups excluding carboxylic acids is 1. The molecule has 0 fully saturated rings. The van der Waals surface area contributed by atoms with Gasteiger partial charge in [0, 0.05) is 28.7 Å². The highest BCUT2D eigenvalue weighted by Gasteiger charge is 2.08. The van der Waals surface area contributed by atoms with Crippen LogP contribution in [0.3, 0.4) is 0 Å². The first-order valence-corrected chi connectivity index (χ1v) is 9.29. The number of anilines is 3. The standard InChI is InChI=1S/C20H19N3O3S/c1-13-2-6-16(7-3-13)22-20-23-17(12-27-20)14-4-8-15(9-5-14)21-18(24)10-11-19(25)26/h2-9,12H,10-11H2,1H3,(H,21,24)(H,22,23)(H,25,26). The largest absolute Gasteiger partial charge is 0.481 e. The van der Waals surface area contributed by atoms with Crippen LogP contribution in [0.15, 0.2) is 53.9 Å². The normalized spacial score (nSPS) is 10.4. The zero-order chi connectivity index (χ0) is 19.2. The molecule has 0 radical (unpaired) electrons. The van der Waals surface area contributed by atoms with E-state index in [0.29, 0.717) is 5.69 Å². The van der Waals surface area contributed by atoms with Crippen molar-refractivity contribution in [2.24, 2.45) is 0 Å². The summed E-state index contributed by atoms with van der Waals surface area (Å²) >= 11 is 1.52. The van der Waals surface area contributed by atoms with Gasteiger partial charge in [0.2, 0.25) is 5.91 Å². The number of nitrogens with zero attached hydrogens (tertiary/aromatic N) is 1. The number of nitrogens with one attached hydrogen (secondary N) is 2. The zero-order valence-corrected chi connectivity index (χ0v) is 15.5. The molecule has 3 aromatic rings. The van der Waals surface area contributed by atoms with Gasteiger partial charge in [0.15, 0.2) is 5.13 Å². The summed E-state index contributed by atoms with van der Waals surface area (Å²) in [6, 6.07) is 15.4. The van der Waals surface area contributed by atoms with Crippen LogP contribution in [0.2, 0.25) is 0 Å². The Morgan fingerprint density at radius 2 is 1.67 bits per heavy atom. The van der Waals surface area contributed by atoms with Crippen molar-refractivity contribution in [3.8, 4) is 11.3 Å². The van der Waals surface area contributed by atoms with Gasteiger partial charge in [-0.3, -0.25) is 9.59 Å². The number of hydrogen-bond donors (Lipinski definition) is 3. The molecule has 138 valence electrons.